The maximum Gasteiger partial charge on any atom is 0.315 e. The van der Waals surface area contributed by atoms with E-state index in [4.69, 9.17) is 0 Å². The van der Waals surface area contributed by atoms with Crippen molar-refractivity contribution in [2.75, 3.05) is 20.1 Å². The topological polar surface area (TPSA) is 74.3 Å². The summed E-state index contributed by atoms with van der Waals surface area (Å²) in [5.74, 6) is -0.133. The first kappa shape index (κ1) is 17.0. The highest BCUT2D eigenvalue weighted by atomic mass is 32.1. The van der Waals surface area contributed by atoms with Crippen LogP contribution in [0.25, 0.3) is 0 Å². The van der Waals surface area contributed by atoms with Gasteiger partial charge in [-0.15, -0.1) is 0 Å². The van der Waals surface area contributed by atoms with Crippen LogP contribution in [-0.4, -0.2) is 42.0 Å². The summed E-state index contributed by atoms with van der Waals surface area (Å²) in [4.78, 5) is 29.4. The fourth-order valence-corrected chi connectivity index (χ4v) is 2.55. The molecule has 0 saturated heterocycles. The van der Waals surface area contributed by atoms with Crippen LogP contribution < -0.4 is 10.6 Å². The molecule has 2 N–H and O–H groups in total. The summed E-state index contributed by atoms with van der Waals surface area (Å²) in [6, 6.07) is 7.30. The van der Waals surface area contributed by atoms with Crippen LogP contribution in [-0.2, 0) is 17.8 Å². The second-order valence-electron chi connectivity index (χ2n) is 5.05. The fourth-order valence-electron chi connectivity index (χ4n) is 1.88. The quantitative estimate of drug-likeness (QED) is 0.809. The van der Waals surface area contributed by atoms with Crippen molar-refractivity contribution in [1.82, 2.24) is 20.5 Å². The average molecular weight is 332 g/mol. The molecule has 7 heteroatoms. The molecule has 2 rings (SSSR count). The summed E-state index contributed by atoms with van der Waals surface area (Å²) in [5.41, 5.74) is 1.98. The number of pyridine rings is 1. The Morgan fingerprint density at radius 1 is 1.26 bits per heavy atom. The number of rotatable bonds is 7. The van der Waals surface area contributed by atoms with Crippen LogP contribution >= 0.6 is 11.3 Å². The Balaban J connectivity index is 1.64. The van der Waals surface area contributed by atoms with Crippen LogP contribution in [0.2, 0.25) is 0 Å². The molecule has 23 heavy (non-hydrogen) atoms. The number of aromatic nitrogens is 1. The predicted molar refractivity (Wildman–Crippen MR) is 90.1 cm³/mol. The molecule has 3 amide bonds. The highest BCUT2D eigenvalue weighted by Gasteiger charge is 2.10. The number of nitrogens with zero attached hydrogens (tertiary/aromatic N) is 2. The Kier molecular flexibility index (Phi) is 6.56. The maximum absolute atomic E-state index is 12.0. The van der Waals surface area contributed by atoms with Gasteiger partial charge in [-0.25, -0.2) is 4.79 Å². The highest BCUT2D eigenvalue weighted by Crippen LogP contribution is 2.04. The van der Waals surface area contributed by atoms with Crippen LogP contribution in [0.1, 0.15) is 11.3 Å². The van der Waals surface area contributed by atoms with E-state index in [-0.39, 0.29) is 18.5 Å². The zero-order chi connectivity index (χ0) is 16.5. The minimum absolute atomic E-state index is 0.0197. The van der Waals surface area contributed by atoms with E-state index in [0.717, 1.165) is 11.3 Å². The van der Waals surface area contributed by atoms with Gasteiger partial charge in [-0.3, -0.25) is 9.78 Å². The molecule has 122 valence electrons. The van der Waals surface area contributed by atoms with E-state index < -0.39 is 0 Å². The molecule has 0 aromatic carbocycles. The third kappa shape index (κ3) is 6.07. The van der Waals surface area contributed by atoms with Gasteiger partial charge in [0.25, 0.3) is 0 Å². The van der Waals surface area contributed by atoms with Gasteiger partial charge in [0, 0.05) is 38.4 Å². The second kappa shape index (κ2) is 8.89. The van der Waals surface area contributed by atoms with Crippen molar-refractivity contribution in [2.24, 2.45) is 0 Å². The molecule has 2 heterocycles. The standard InChI is InChI=1S/C16H20N4O2S/c1-20(8-5-14-4-2-3-7-17-14)15(21)11-19-16(22)18-10-13-6-9-23-12-13/h2-4,6-7,9,12H,5,8,10-11H2,1H3,(H2,18,19,22). The third-order valence-corrected chi connectivity index (χ3v) is 4.02. The van der Waals surface area contributed by atoms with Gasteiger partial charge in [-0.2, -0.15) is 11.3 Å². The van der Waals surface area contributed by atoms with Gasteiger partial charge < -0.3 is 15.5 Å². The minimum Gasteiger partial charge on any atom is -0.344 e. The second-order valence-corrected chi connectivity index (χ2v) is 5.83. The van der Waals surface area contributed by atoms with Crippen molar-refractivity contribution in [3.63, 3.8) is 0 Å². The lowest BCUT2D eigenvalue weighted by molar-refractivity contribution is -0.128. The van der Waals surface area contributed by atoms with Gasteiger partial charge in [0.05, 0.1) is 6.54 Å². The molecule has 0 spiro atoms. The molecule has 2 aromatic heterocycles. The van der Waals surface area contributed by atoms with Crippen molar-refractivity contribution in [1.29, 1.82) is 0 Å². The number of hydrogen-bond acceptors (Lipinski definition) is 4. The Morgan fingerprint density at radius 2 is 2.13 bits per heavy atom. The Morgan fingerprint density at radius 3 is 2.83 bits per heavy atom. The predicted octanol–water partition coefficient (Wildman–Crippen LogP) is 1.64. The number of likely N-dealkylation sites (N-methyl/N-ethyl adjacent to an activating group) is 1. The molecule has 0 unspecified atom stereocenters. The molecule has 0 aliphatic carbocycles. The summed E-state index contributed by atoms with van der Waals surface area (Å²) in [6.07, 6.45) is 2.42. The maximum atomic E-state index is 12.0. The van der Waals surface area contributed by atoms with E-state index in [1.807, 2.05) is 35.0 Å². The average Bonchev–Trinajstić information content (AvgIpc) is 3.10. The summed E-state index contributed by atoms with van der Waals surface area (Å²) in [6.45, 7) is 1.00. The van der Waals surface area contributed by atoms with Gasteiger partial charge in [0.15, 0.2) is 0 Å². The minimum atomic E-state index is -0.345. The first-order valence-electron chi connectivity index (χ1n) is 7.32. The number of carbonyl (C=O) groups excluding carboxylic acids is 2. The lowest BCUT2D eigenvalue weighted by Crippen LogP contribution is -2.42. The van der Waals surface area contributed by atoms with Crippen LogP contribution in [0.3, 0.4) is 0 Å². The summed E-state index contributed by atoms with van der Waals surface area (Å²) in [7, 11) is 1.72. The SMILES string of the molecule is CN(CCc1ccccn1)C(=O)CNC(=O)NCc1ccsc1. The third-order valence-electron chi connectivity index (χ3n) is 3.29. The molecule has 2 aromatic rings. The van der Waals surface area contributed by atoms with Crippen molar-refractivity contribution < 1.29 is 9.59 Å². The van der Waals surface area contributed by atoms with E-state index in [2.05, 4.69) is 15.6 Å². The number of carbonyl (C=O) groups is 2. The Labute approximate surface area is 139 Å². The molecule has 0 fully saturated rings. The lowest BCUT2D eigenvalue weighted by atomic mass is 10.2. The van der Waals surface area contributed by atoms with Gasteiger partial charge in [0.2, 0.25) is 5.91 Å². The zero-order valence-electron chi connectivity index (χ0n) is 13.0. The van der Waals surface area contributed by atoms with E-state index in [1.54, 1.807) is 29.5 Å². The smallest absolute Gasteiger partial charge is 0.315 e. The molecular formula is C16H20N4O2S. The first-order valence-corrected chi connectivity index (χ1v) is 8.26. The number of amides is 3. The first-order chi connectivity index (χ1) is 11.1. The monoisotopic (exact) mass is 332 g/mol. The van der Waals surface area contributed by atoms with Gasteiger partial charge in [-0.05, 0) is 34.5 Å². The van der Waals surface area contributed by atoms with Crippen molar-refractivity contribution in [2.45, 2.75) is 13.0 Å². The van der Waals surface area contributed by atoms with E-state index >= 15 is 0 Å². The van der Waals surface area contributed by atoms with Crippen LogP contribution in [0.4, 0.5) is 4.79 Å². The molecule has 0 atom stereocenters. The van der Waals surface area contributed by atoms with Gasteiger partial charge in [-0.1, -0.05) is 6.07 Å². The summed E-state index contributed by atoms with van der Waals surface area (Å²) < 4.78 is 0. The van der Waals surface area contributed by atoms with Gasteiger partial charge >= 0.3 is 6.03 Å². The fraction of sp³-hybridized carbons (Fsp3) is 0.312. The van der Waals surface area contributed by atoms with Gasteiger partial charge in [0.1, 0.15) is 0 Å². The zero-order valence-corrected chi connectivity index (χ0v) is 13.8. The van der Waals surface area contributed by atoms with Crippen LogP contribution in [0, 0.1) is 0 Å². The van der Waals surface area contributed by atoms with E-state index in [0.29, 0.717) is 19.5 Å². The number of nitrogens with one attached hydrogen (secondary N) is 2. The van der Waals surface area contributed by atoms with E-state index in [9.17, 15) is 9.59 Å². The lowest BCUT2D eigenvalue weighted by Gasteiger charge is -2.17. The Hall–Kier alpha value is -2.41. The molecule has 6 nitrogen and oxygen atoms in total. The Bertz CT molecular complexity index is 616. The number of urea groups is 1. The van der Waals surface area contributed by atoms with Crippen molar-refractivity contribution >= 4 is 23.3 Å². The summed E-state index contributed by atoms with van der Waals surface area (Å²) >= 11 is 1.58. The van der Waals surface area contributed by atoms with E-state index in [1.165, 1.54) is 0 Å². The van der Waals surface area contributed by atoms with Crippen molar-refractivity contribution in [3.05, 3.63) is 52.5 Å². The normalized spacial score (nSPS) is 10.1. The van der Waals surface area contributed by atoms with Crippen LogP contribution in [0.5, 0.6) is 0 Å². The molecule has 0 radical (unpaired) electrons. The highest BCUT2D eigenvalue weighted by molar-refractivity contribution is 7.07. The number of thiophene rings is 1. The molecule has 0 saturated carbocycles. The molecular weight excluding hydrogens is 312 g/mol. The molecule has 0 aliphatic rings. The molecule has 0 aliphatic heterocycles. The van der Waals surface area contributed by atoms with Crippen molar-refractivity contribution in [3.8, 4) is 0 Å². The van der Waals surface area contributed by atoms with Crippen LogP contribution in [0.15, 0.2) is 41.2 Å². The molecule has 0 bridgehead atoms. The number of hydrogen-bond donors (Lipinski definition) is 2. The summed E-state index contributed by atoms with van der Waals surface area (Å²) in [5, 5.41) is 9.21. The largest absolute Gasteiger partial charge is 0.344 e.